The monoisotopic (exact) mass is 540 g/mol. The highest BCUT2D eigenvalue weighted by molar-refractivity contribution is 5.77. The van der Waals surface area contributed by atoms with E-state index in [-0.39, 0.29) is 12.1 Å². The summed E-state index contributed by atoms with van der Waals surface area (Å²) in [7, 11) is 0. The molecule has 2 N–H and O–H groups in total. The molecule has 2 aliphatic rings. The molecule has 0 radical (unpaired) electrons. The number of aromatic nitrogens is 5. The third kappa shape index (κ3) is 5.50. The topological polar surface area (TPSA) is 104 Å². The Hall–Kier alpha value is -4.02. The Labute approximate surface area is 233 Å². The van der Waals surface area contributed by atoms with Gasteiger partial charge in [0.05, 0.1) is 12.1 Å². The predicted molar refractivity (Wildman–Crippen MR) is 158 cm³/mol. The maximum absolute atomic E-state index is 13.3. The summed E-state index contributed by atoms with van der Waals surface area (Å²) in [5.74, 6) is 0.918. The summed E-state index contributed by atoms with van der Waals surface area (Å²) in [6.45, 7) is 11.9. The average Bonchev–Trinajstić information content (AvgIpc) is 3.75. The molecule has 10 heteroatoms. The van der Waals surface area contributed by atoms with Gasteiger partial charge in [0.15, 0.2) is 11.5 Å². The van der Waals surface area contributed by atoms with Gasteiger partial charge in [0, 0.05) is 61.9 Å². The summed E-state index contributed by atoms with van der Waals surface area (Å²) in [5.41, 5.74) is 2.11. The van der Waals surface area contributed by atoms with Crippen LogP contribution in [0.25, 0.3) is 16.9 Å². The summed E-state index contributed by atoms with van der Waals surface area (Å²) in [6, 6.07) is 14.7. The predicted octanol–water partition coefficient (Wildman–Crippen LogP) is 3.50. The van der Waals surface area contributed by atoms with Gasteiger partial charge in [-0.25, -0.2) is 19.3 Å². The number of hydrogen-bond donors (Lipinski definition) is 2. The molecule has 1 saturated carbocycles. The number of hydrogen-bond acceptors (Lipinski definition) is 8. The fraction of sp³-hybridized carbons (Fsp3) is 0.400. The van der Waals surface area contributed by atoms with Crippen LogP contribution >= 0.6 is 0 Å². The Morgan fingerprint density at radius 3 is 2.50 bits per heavy atom. The molecule has 1 aromatic carbocycles. The number of pyridine rings is 1. The first-order valence-corrected chi connectivity index (χ1v) is 13.9. The summed E-state index contributed by atoms with van der Waals surface area (Å²) < 4.78 is 3.24. The molecule has 40 heavy (non-hydrogen) atoms. The quantitative estimate of drug-likeness (QED) is 0.311. The number of nitrogens with zero attached hydrogens (tertiary/aromatic N) is 7. The van der Waals surface area contributed by atoms with Crippen molar-refractivity contribution in [2.45, 2.75) is 51.3 Å². The first-order valence-electron chi connectivity index (χ1n) is 13.9. The van der Waals surface area contributed by atoms with Crippen LogP contribution in [0.2, 0.25) is 0 Å². The summed E-state index contributed by atoms with van der Waals surface area (Å²) in [4.78, 5) is 32.2. The van der Waals surface area contributed by atoms with E-state index >= 15 is 0 Å². The summed E-state index contributed by atoms with van der Waals surface area (Å²) >= 11 is 0. The second kappa shape index (κ2) is 10.5. The minimum atomic E-state index is -0.912. The lowest BCUT2D eigenvalue weighted by Crippen LogP contribution is -2.47. The molecule has 0 unspecified atom stereocenters. The number of fused-ring (bicyclic) bond motifs is 1. The van der Waals surface area contributed by atoms with E-state index in [2.05, 4.69) is 38.8 Å². The maximum Gasteiger partial charge on any atom is 0.278 e. The number of rotatable bonds is 9. The van der Waals surface area contributed by atoms with Gasteiger partial charge in [-0.2, -0.15) is 4.98 Å². The Balaban J connectivity index is 1.27. The molecular weight excluding hydrogens is 504 g/mol. The number of aliphatic hydroxyl groups is 1. The molecule has 4 aromatic rings. The van der Waals surface area contributed by atoms with Gasteiger partial charge in [0.2, 0.25) is 5.95 Å². The second-order valence-electron chi connectivity index (χ2n) is 11.3. The Morgan fingerprint density at radius 2 is 1.82 bits per heavy atom. The minimum absolute atomic E-state index is 0.220. The normalized spacial score (nSPS) is 16.4. The molecule has 10 nitrogen and oxygen atoms in total. The lowest BCUT2D eigenvalue weighted by Gasteiger charge is -2.36. The van der Waals surface area contributed by atoms with Crippen LogP contribution in [0.3, 0.4) is 0 Å². The van der Waals surface area contributed by atoms with E-state index in [0.29, 0.717) is 34.9 Å². The Bertz CT molecular complexity index is 1570. The van der Waals surface area contributed by atoms with Crippen LogP contribution in [0.1, 0.15) is 32.4 Å². The zero-order valence-corrected chi connectivity index (χ0v) is 23.1. The molecule has 3 aromatic heterocycles. The van der Waals surface area contributed by atoms with Gasteiger partial charge in [0.25, 0.3) is 5.56 Å². The van der Waals surface area contributed by atoms with E-state index in [4.69, 9.17) is 9.97 Å². The van der Waals surface area contributed by atoms with Gasteiger partial charge in [-0.3, -0.25) is 9.69 Å². The van der Waals surface area contributed by atoms with Gasteiger partial charge in [-0.05, 0) is 63.1 Å². The van der Waals surface area contributed by atoms with Gasteiger partial charge in [-0.1, -0.05) is 12.1 Å². The molecular formula is C30H36N8O2. The largest absolute Gasteiger partial charge is 0.390 e. The van der Waals surface area contributed by atoms with Crippen LogP contribution < -0.4 is 15.8 Å². The molecule has 0 atom stereocenters. The van der Waals surface area contributed by atoms with E-state index in [1.807, 2.05) is 30.3 Å². The van der Waals surface area contributed by atoms with Crippen molar-refractivity contribution in [1.29, 1.82) is 0 Å². The molecule has 208 valence electrons. The Kier molecular flexibility index (Phi) is 6.89. The lowest BCUT2D eigenvalue weighted by molar-refractivity contribution is 0.0799. The van der Waals surface area contributed by atoms with E-state index < -0.39 is 5.60 Å². The van der Waals surface area contributed by atoms with Gasteiger partial charge >= 0.3 is 0 Å². The number of piperazine rings is 1. The highest BCUT2D eigenvalue weighted by atomic mass is 16.3. The SMILES string of the molecule is C=CCn1c(=O)c2cnc(Nc3ccc(N4CCN(C5CC5)CC4)cc3)nc2n1-c1cccc(CC(C)(C)O)n1. The first-order chi connectivity index (χ1) is 19.3. The van der Waals surface area contributed by atoms with Crippen molar-refractivity contribution in [2.75, 3.05) is 36.4 Å². The van der Waals surface area contributed by atoms with E-state index in [1.54, 1.807) is 35.5 Å². The maximum atomic E-state index is 13.3. The van der Waals surface area contributed by atoms with Crippen LogP contribution in [0.4, 0.5) is 17.3 Å². The molecule has 6 rings (SSSR count). The van der Waals surface area contributed by atoms with E-state index in [0.717, 1.165) is 37.9 Å². The van der Waals surface area contributed by atoms with Crippen molar-refractivity contribution in [3.63, 3.8) is 0 Å². The number of allylic oxidation sites excluding steroid dienone is 1. The summed E-state index contributed by atoms with van der Waals surface area (Å²) in [6.07, 6.45) is 6.30. The zero-order valence-electron chi connectivity index (χ0n) is 23.1. The Morgan fingerprint density at radius 1 is 1.07 bits per heavy atom. The van der Waals surface area contributed by atoms with E-state index in [1.165, 1.54) is 18.5 Å². The average molecular weight is 541 g/mol. The zero-order chi connectivity index (χ0) is 27.9. The highest BCUT2D eigenvalue weighted by Crippen LogP contribution is 2.29. The number of anilines is 3. The molecule has 0 amide bonds. The molecule has 4 heterocycles. The fourth-order valence-corrected chi connectivity index (χ4v) is 5.40. The van der Waals surface area contributed by atoms with Crippen LogP contribution in [0.5, 0.6) is 0 Å². The second-order valence-corrected chi connectivity index (χ2v) is 11.3. The van der Waals surface area contributed by atoms with Crippen LogP contribution in [-0.2, 0) is 13.0 Å². The van der Waals surface area contributed by atoms with Crippen molar-refractivity contribution in [2.24, 2.45) is 0 Å². The molecule has 0 bridgehead atoms. The molecule has 1 aliphatic heterocycles. The molecule has 2 fully saturated rings. The van der Waals surface area contributed by atoms with Crippen molar-refractivity contribution in [3.8, 4) is 5.82 Å². The van der Waals surface area contributed by atoms with Crippen LogP contribution in [0.15, 0.2) is 66.1 Å². The number of benzene rings is 1. The summed E-state index contributed by atoms with van der Waals surface area (Å²) in [5, 5.41) is 14.0. The number of nitrogens with one attached hydrogen (secondary N) is 1. The van der Waals surface area contributed by atoms with Crippen molar-refractivity contribution in [1.82, 2.24) is 29.2 Å². The van der Waals surface area contributed by atoms with Gasteiger partial charge in [-0.15, -0.1) is 6.58 Å². The third-order valence-electron chi connectivity index (χ3n) is 7.47. The molecule has 0 spiro atoms. The van der Waals surface area contributed by atoms with Gasteiger partial charge in [0.1, 0.15) is 5.39 Å². The van der Waals surface area contributed by atoms with Crippen molar-refractivity contribution >= 4 is 28.4 Å². The first kappa shape index (κ1) is 26.2. The smallest absolute Gasteiger partial charge is 0.278 e. The van der Waals surface area contributed by atoms with Gasteiger partial charge < -0.3 is 15.3 Å². The van der Waals surface area contributed by atoms with E-state index in [9.17, 15) is 9.90 Å². The molecule has 1 saturated heterocycles. The standard InChI is InChI=1S/C30H36N8O2/c1-4-14-37-28(39)25-20-31-29(34-27(25)38(37)26-7-5-6-22(32-26)19-30(2,3)40)33-21-8-10-23(11-9-21)35-15-17-36(18-16-35)24-12-13-24/h4-11,20,24,40H,1,12-19H2,2-3H3,(H,31,33,34). The molecule has 1 aliphatic carbocycles. The van der Waals surface area contributed by atoms with Crippen molar-refractivity contribution in [3.05, 3.63) is 77.4 Å². The van der Waals surface area contributed by atoms with Crippen LogP contribution in [-0.4, -0.2) is 72.1 Å². The van der Waals surface area contributed by atoms with Crippen LogP contribution in [0, 0.1) is 0 Å². The highest BCUT2D eigenvalue weighted by Gasteiger charge is 2.31. The lowest BCUT2D eigenvalue weighted by atomic mass is 10.0. The fourth-order valence-electron chi connectivity index (χ4n) is 5.40. The van der Waals surface area contributed by atoms with Crippen molar-refractivity contribution < 1.29 is 5.11 Å². The third-order valence-corrected chi connectivity index (χ3v) is 7.47. The minimum Gasteiger partial charge on any atom is -0.390 e.